The van der Waals surface area contributed by atoms with Crippen molar-refractivity contribution in [1.29, 1.82) is 0 Å². The third-order valence-electron chi connectivity index (χ3n) is 4.49. The number of hydrogen-bond acceptors (Lipinski definition) is 3. The lowest BCUT2D eigenvalue weighted by molar-refractivity contribution is -0.123. The highest BCUT2D eigenvalue weighted by Gasteiger charge is 2.10. The van der Waals surface area contributed by atoms with E-state index in [1.54, 1.807) is 12.1 Å². The molecule has 0 radical (unpaired) electrons. The molecule has 3 aromatic carbocycles. The molecular weight excluding hydrogens is 364 g/mol. The van der Waals surface area contributed by atoms with E-state index in [-0.39, 0.29) is 12.5 Å². The minimum atomic E-state index is -0.444. The fraction of sp³-hybridized carbons (Fsp3) is 0.167. The van der Waals surface area contributed by atoms with Crippen LogP contribution in [0.15, 0.2) is 78.9 Å². The number of ether oxygens (including phenoxy) is 1. The lowest BCUT2D eigenvalue weighted by Crippen LogP contribution is -2.43. The Labute approximate surface area is 170 Å². The van der Waals surface area contributed by atoms with Crippen molar-refractivity contribution < 1.29 is 14.3 Å². The van der Waals surface area contributed by atoms with Crippen molar-refractivity contribution in [2.75, 3.05) is 6.61 Å². The molecule has 0 fully saturated rings. The SMILES string of the molecule is CC(C)c1ccc(C(=O)NNC(=O)COc2ccccc2-c2ccccc2)cc1. The van der Waals surface area contributed by atoms with Gasteiger partial charge in [0, 0.05) is 11.1 Å². The fourth-order valence-electron chi connectivity index (χ4n) is 2.85. The predicted octanol–water partition coefficient (Wildman–Crippen LogP) is 4.32. The molecular formula is C24H24N2O3. The quantitative estimate of drug-likeness (QED) is 0.618. The first-order chi connectivity index (χ1) is 14.0. The van der Waals surface area contributed by atoms with Gasteiger partial charge in [0.15, 0.2) is 6.61 Å². The van der Waals surface area contributed by atoms with Crippen LogP contribution < -0.4 is 15.6 Å². The van der Waals surface area contributed by atoms with Gasteiger partial charge >= 0.3 is 0 Å². The van der Waals surface area contributed by atoms with Crippen LogP contribution in [0.3, 0.4) is 0 Å². The van der Waals surface area contributed by atoms with Gasteiger partial charge in [-0.1, -0.05) is 74.5 Å². The van der Waals surface area contributed by atoms with Crippen molar-refractivity contribution >= 4 is 11.8 Å². The Hall–Kier alpha value is -3.60. The van der Waals surface area contributed by atoms with Gasteiger partial charge in [0.1, 0.15) is 5.75 Å². The molecule has 0 aliphatic carbocycles. The monoisotopic (exact) mass is 388 g/mol. The number of para-hydroxylation sites is 1. The smallest absolute Gasteiger partial charge is 0.276 e. The highest BCUT2D eigenvalue weighted by molar-refractivity contribution is 5.95. The highest BCUT2D eigenvalue weighted by atomic mass is 16.5. The molecule has 0 bridgehead atoms. The van der Waals surface area contributed by atoms with Crippen LogP contribution in [0.1, 0.15) is 35.7 Å². The van der Waals surface area contributed by atoms with Crippen molar-refractivity contribution in [2.24, 2.45) is 0 Å². The molecule has 0 unspecified atom stereocenters. The maximum absolute atomic E-state index is 12.2. The van der Waals surface area contributed by atoms with E-state index in [1.165, 1.54) is 0 Å². The Kier molecular flexibility index (Phi) is 6.63. The average molecular weight is 388 g/mol. The van der Waals surface area contributed by atoms with Gasteiger partial charge in [-0.2, -0.15) is 0 Å². The van der Waals surface area contributed by atoms with Gasteiger partial charge < -0.3 is 4.74 Å². The number of rotatable bonds is 6. The zero-order chi connectivity index (χ0) is 20.6. The third-order valence-corrected chi connectivity index (χ3v) is 4.49. The van der Waals surface area contributed by atoms with E-state index in [2.05, 4.69) is 24.7 Å². The molecule has 0 atom stereocenters. The van der Waals surface area contributed by atoms with E-state index >= 15 is 0 Å². The van der Waals surface area contributed by atoms with Gasteiger partial charge in [-0.25, -0.2) is 0 Å². The van der Waals surface area contributed by atoms with Crippen LogP contribution in [0.5, 0.6) is 5.75 Å². The van der Waals surface area contributed by atoms with Gasteiger partial charge in [0.25, 0.3) is 11.8 Å². The normalized spacial score (nSPS) is 10.4. The summed E-state index contributed by atoms with van der Waals surface area (Å²) in [4.78, 5) is 24.3. The van der Waals surface area contributed by atoms with E-state index < -0.39 is 5.91 Å². The van der Waals surface area contributed by atoms with Gasteiger partial charge in [-0.3, -0.25) is 20.4 Å². The summed E-state index contributed by atoms with van der Waals surface area (Å²) in [6, 6.07) is 24.6. The maximum atomic E-state index is 12.2. The molecule has 148 valence electrons. The summed E-state index contributed by atoms with van der Waals surface area (Å²) < 4.78 is 5.67. The second-order valence-corrected chi connectivity index (χ2v) is 6.93. The summed E-state index contributed by atoms with van der Waals surface area (Å²) in [5, 5.41) is 0. The Morgan fingerprint density at radius 1 is 0.828 bits per heavy atom. The van der Waals surface area contributed by atoms with Crippen LogP contribution in [0.2, 0.25) is 0 Å². The van der Waals surface area contributed by atoms with Gasteiger partial charge in [-0.05, 0) is 35.2 Å². The Morgan fingerprint density at radius 2 is 1.48 bits per heavy atom. The number of hydrazine groups is 1. The lowest BCUT2D eigenvalue weighted by atomic mass is 10.0. The molecule has 0 heterocycles. The topological polar surface area (TPSA) is 67.4 Å². The molecule has 0 saturated carbocycles. The fourth-order valence-corrected chi connectivity index (χ4v) is 2.85. The van der Waals surface area contributed by atoms with Crippen molar-refractivity contribution in [1.82, 2.24) is 10.9 Å². The summed E-state index contributed by atoms with van der Waals surface area (Å²) in [5.41, 5.74) is 8.32. The van der Waals surface area contributed by atoms with Crippen molar-refractivity contribution in [3.05, 3.63) is 90.0 Å². The summed E-state index contributed by atoms with van der Waals surface area (Å²) in [7, 11) is 0. The largest absolute Gasteiger partial charge is 0.483 e. The van der Waals surface area contributed by atoms with E-state index in [0.29, 0.717) is 17.2 Å². The molecule has 2 N–H and O–H groups in total. The third kappa shape index (κ3) is 5.45. The predicted molar refractivity (Wildman–Crippen MR) is 114 cm³/mol. The second kappa shape index (κ2) is 9.55. The molecule has 2 amide bonds. The Balaban J connectivity index is 1.54. The van der Waals surface area contributed by atoms with Crippen LogP contribution in [-0.4, -0.2) is 18.4 Å². The molecule has 29 heavy (non-hydrogen) atoms. The molecule has 5 heteroatoms. The van der Waals surface area contributed by atoms with Crippen LogP contribution in [-0.2, 0) is 4.79 Å². The summed E-state index contributed by atoms with van der Waals surface area (Å²) >= 11 is 0. The van der Waals surface area contributed by atoms with Gasteiger partial charge in [-0.15, -0.1) is 0 Å². The minimum Gasteiger partial charge on any atom is -0.483 e. The summed E-state index contributed by atoms with van der Waals surface area (Å²) in [5.74, 6) is 0.172. The second-order valence-electron chi connectivity index (χ2n) is 6.93. The van der Waals surface area contributed by atoms with Crippen molar-refractivity contribution in [2.45, 2.75) is 19.8 Å². The average Bonchev–Trinajstić information content (AvgIpc) is 2.77. The number of nitrogens with one attached hydrogen (secondary N) is 2. The number of benzene rings is 3. The zero-order valence-electron chi connectivity index (χ0n) is 16.5. The Morgan fingerprint density at radius 3 is 2.17 bits per heavy atom. The molecule has 0 aliphatic rings. The zero-order valence-corrected chi connectivity index (χ0v) is 16.5. The molecule has 3 aromatic rings. The van der Waals surface area contributed by atoms with Gasteiger partial charge in [0.05, 0.1) is 0 Å². The first-order valence-electron chi connectivity index (χ1n) is 9.51. The van der Waals surface area contributed by atoms with Crippen LogP contribution in [0.4, 0.5) is 0 Å². The molecule has 0 aliphatic heterocycles. The van der Waals surface area contributed by atoms with E-state index in [4.69, 9.17) is 4.74 Å². The van der Waals surface area contributed by atoms with Crippen LogP contribution >= 0.6 is 0 Å². The minimum absolute atomic E-state index is 0.212. The summed E-state index contributed by atoms with van der Waals surface area (Å²) in [6.45, 7) is 3.97. The number of carbonyl (C=O) groups excluding carboxylic acids is 2. The highest BCUT2D eigenvalue weighted by Crippen LogP contribution is 2.29. The molecule has 0 spiro atoms. The van der Waals surface area contributed by atoms with Crippen LogP contribution in [0, 0.1) is 0 Å². The number of carbonyl (C=O) groups is 2. The van der Waals surface area contributed by atoms with E-state index in [0.717, 1.165) is 16.7 Å². The first-order valence-corrected chi connectivity index (χ1v) is 9.51. The van der Waals surface area contributed by atoms with E-state index in [9.17, 15) is 9.59 Å². The summed E-state index contributed by atoms with van der Waals surface area (Å²) in [6.07, 6.45) is 0. The standard InChI is InChI=1S/C24H24N2O3/c1-17(2)18-12-14-20(15-13-18)24(28)26-25-23(27)16-29-22-11-7-6-10-21(22)19-8-4-3-5-9-19/h3-15,17H,16H2,1-2H3,(H,25,27)(H,26,28). The van der Waals surface area contributed by atoms with Crippen molar-refractivity contribution in [3.63, 3.8) is 0 Å². The maximum Gasteiger partial charge on any atom is 0.276 e. The molecule has 5 nitrogen and oxygen atoms in total. The molecule has 0 saturated heterocycles. The number of hydrogen-bond donors (Lipinski definition) is 2. The van der Waals surface area contributed by atoms with Crippen molar-refractivity contribution in [3.8, 4) is 16.9 Å². The van der Waals surface area contributed by atoms with Gasteiger partial charge in [0.2, 0.25) is 0 Å². The first kappa shape index (κ1) is 20.1. The Bertz CT molecular complexity index is 967. The molecule has 0 aromatic heterocycles. The number of amides is 2. The molecule has 3 rings (SSSR count). The van der Waals surface area contributed by atoms with E-state index in [1.807, 2.05) is 66.7 Å². The lowest BCUT2D eigenvalue weighted by Gasteiger charge is -2.12. The van der Waals surface area contributed by atoms with Crippen LogP contribution in [0.25, 0.3) is 11.1 Å².